The standard InChI is InChI=1S/C107H155F2N9O25/c1-6-7-8-9-10-12-15-18-21-37-107(103(127)128,38-22-19-16-13-11-14-17-20-23-96(121)122)102(126)110-43-51-132-53-55-134-57-59-136-61-63-138-65-67-140-69-71-142-73-72-141-70-68-139-66-64-137-62-60-135-58-56-133-54-52-131-50-36-86(119)30-33-97(123)143-105(3,4)84-29-31-87(90(109)75-84)100(124)114-91-77-85(108)76-88(80(91)2)98-89-78-92(113-99(89)112-79-111-98)82-26-24-81(25-27-82)34-44-116-46-39-106(40-47-116)41-48-117(49-42-106)101(125)83-28-32-94(130-5)93(74-83)118-45-35-95(120)115-104(118)129/h24-29,31-32,74-79H,6-23,30,33-73H2,1-5H3,(H,110,126)(H,114,124)(H,121,122)(H,127,128)(H,111,112,113)(H,115,120,129). The second-order valence-electron chi connectivity index (χ2n) is 37.2. The number of benzene rings is 4. The van der Waals surface area contributed by atoms with Gasteiger partial charge in [0.1, 0.15) is 46.2 Å². The minimum absolute atomic E-state index is 0.0765. The van der Waals surface area contributed by atoms with Crippen molar-refractivity contribution in [2.24, 2.45) is 10.8 Å². The van der Waals surface area contributed by atoms with Crippen LogP contribution in [0.4, 0.5) is 25.0 Å². The van der Waals surface area contributed by atoms with Crippen LogP contribution in [-0.2, 0) is 102 Å². The monoisotopic (exact) mass is 2000 g/mol. The maximum atomic E-state index is 16.0. The Morgan fingerprint density at radius 2 is 1.05 bits per heavy atom. The first-order valence-corrected chi connectivity index (χ1v) is 51.5. The zero-order chi connectivity index (χ0) is 102. The van der Waals surface area contributed by atoms with Crippen molar-refractivity contribution in [3.63, 3.8) is 0 Å². The molecule has 143 heavy (non-hydrogen) atoms. The molecule has 9 rings (SSSR count). The number of Topliss-reactive ketones (excluding diaryl/α,β-unsaturated/α-hetero) is 1. The largest absolute Gasteiger partial charge is 0.495 e. The third-order valence-electron chi connectivity index (χ3n) is 26.4. The molecule has 34 nitrogen and oxygen atoms in total. The number of hydrogen-bond donors (Lipinski definition) is 6. The van der Waals surface area contributed by atoms with E-state index in [1.165, 1.54) is 74.2 Å². The van der Waals surface area contributed by atoms with Crippen molar-refractivity contribution in [2.75, 3.05) is 222 Å². The van der Waals surface area contributed by atoms with Gasteiger partial charge in [-0.3, -0.25) is 48.6 Å². The molecule has 1 unspecified atom stereocenters. The van der Waals surface area contributed by atoms with Crippen molar-refractivity contribution in [3.8, 4) is 28.3 Å². The Bertz CT molecular complexity index is 4830. The van der Waals surface area contributed by atoms with Gasteiger partial charge in [0.2, 0.25) is 11.8 Å². The Labute approximate surface area is 840 Å². The SMILES string of the molecule is CCCCCCCCCCCC(CCCCCCCCCCC(=O)O)(C(=O)O)C(=O)NCCOCCOCCOCCOCCOCCOCCOCCOCCOCCOCCOCCOCCC(=O)CCC(=O)OC(C)(C)c1ccc(C(=O)Nc2cc(F)cc(-c3ncnc4[nH]c(-c5ccc(CCN6CCC7(CC6)CCN(C(=O)c6ccc(OC)c(N8CCC(=O)NC8=O)c6)CC7)cc5)cc34)c2C)c(F)c1. The van der Waals surface area contributed by atoms with Gasteiger partial charge in [0, 0.05) is 86.3 Å². The summed E-state index contributed by atoms with van der Waals surface area (Å²) in [6, 6.07) is 21.1. The number of methoxy groups -OCH3 is 1. The second-order valence-corrected chi connectivity index (χ2v) is 37.2. The van der Waals surface area contributed by atoms with Crippen LogP contribution >= 0.6 is 0 Å². The number of H-pyrrole nitrogens is 1. The number of rotatable bonds is 77. The number of likely N-dealkylation sites (tertiary alicyclic amines) is 2. The van der Waals surface area contributed by atoms with E-state index >= 15 is 8.78 Å². The fourth-order valence-corrected chi connectivity index (χ4v) is 17.8. The molecule has 0 saturated carbocycles. The van der Waals surface area contributed by atoms with Gasteiger partial charge >= 0.3 is 23.9 Å². The van der Waals surface area contributed by atoms with Gasteiger partial charge in [-0.2, -0.15) is 0 Å². The number of ketones is 1. The predicted octanol–water partition coefficient (Wildman–Crippen LogP) is 16.0. The number of esters is 1. The number of piperidine rings is 2. The van der Waals surface area contributed by atoms with E-state index in [1.807, 2.05) is 11.0 Å². The number of nitrogens with zero attached hydrogens (tertiary/aromatic N) is 5. The molecule has 3 fully saturated rings. The van der Waals surface area contributed by atoms with E-state index in [0.717, 1.165) is 133 Å². The van der Waals surface area contributed by atoms with Gasteiger partial charge in [0.05, 0.1) is 189 Å². The number of anilines is 2. The van der Waals surface area contributed by atoms with E-state index in [0.29, 0.717) is 229 Å². The number of fused-ring (bicyclic) bond motifs is 1. The third-order valence-corrected chi connectivity index (χ3v) is 26.4. The number of urea groups is 1. The van der Waals surface area contributed by atoms with Crippen molar-refractivity contribution in [3.05, 3.63) is 125 Å². The lowest BCUT2D eigenvalue weighted by Gasteiger charge is -2.47. The molecular weight excluding hydrogens is 1850 g/mol. The molecule has 0 aliphatic carbocycles. The molecule has 3 aliphatic rings. The molecule has 1 spiro atoms. The van der Waals surface area contributed by atoms with Gasteiger partial charge in [-0.05, 0) is 161 Å². The first-order valence-electron chi connectivity index (χ1n) is 51.5. The van der Waals surface area contributed by atoms with E-state index in [-0.39, 0.29) is 105 Å². The zero-order valence-electron chi connectivity index (χ0n) is 84.8. The zero-order valence-corrected chi connectivity index (χ0v) is 84.8. The summed E-state index contributed by atoms with van der Waals surface area (Å²) < 4.78 is 110. The highest BCUT2D eigenvalue weighted by Gasteiger charge is 2.45. The van der Waals surface area contributed by atoms with Crippen LogP contribution in [0, 0.1) is 29.4 Å². The summed E-state index contributed by atoms with van der Waals surface area (Å²) in [7, 11) is 1.51. The molecule has 36 heteroatoms. The highest BCUT2D eigenvalue weighted by Crippen LogP contribution is 2.43. The molecule has 3 aliphatic heterocycles. The lowest BCUT2D eigenvalue weighted by molar-refractivity contribution is -0.159. The summed E-state index contributed by atoms with van der Waals surface area (Å²) >= 11 is 0. The summed E-state index contributed by atoms with van der Waals surface area (Å²) in [6.45, 7) is 20.4. The number of halogens is 2. The van der Waals surface area contributed by atoms with Gasteiger partial charge < -0.3 is 102 Å². The molecule has 5 heterocycles. The fraction of sp³-hybridized carbons (Fsp3) is 0.636. The number of hydrogen-bond acceptors (Lipinski definition) is 26. The number of amides is 6. The smallest absolute Gasteiger partial charge is 0.328 e. The molecule has 0 bridgehead atoms. The normalized spacial score (nSPS) is 14.4. The Morgan fingerprint density at radius 1 is 0.538 bits per heavy atom. The van der Waals surface area contributed by atoms with Crippen LogP contribution in [0.3, 0.4) is 0 Å². The number of carbonyl (C=O) groups is 9. The molecule has 1 atom stereocenters. The minimum atomic E-state index is -1.47. The summed E-state index contributed by atoms with van der Waals surface area (Å²) in [5.74, 6) is -5.54. The quantitative estimate of drug-likeness (QED) is 0.0117. The number of unbranched alkanes of at least 4 members (excludes halogenated alkanes) is 15. The van der Waals surface area contributed by atoms with Crippen molar-refractivity contribution in [1.29, 1.82) is 0 Å². The Hall–Kier alpha value is -9.93. The maximum Gasteiger partial charge on any atom is 0.328 e. The Morgan fingerprint density at radius 3 is 1.56 bits per heavy atom. The van der Waals surface area contributed by atoms with Gasteiger partial charge in [-0.15, -0.1) is 0 Å². The molecular formula is C107H155F2N9O25. The van der Waals surface area contributed by atoms with Gasteiger partial charge in [-0.1, -0.05) is 140 Å². The van der Waals surface area contributed by atoms with Crippen LogP contribution in [0.5, 0.6) is 5.75 Å². The number of aliphatic carboxylic acids is 2. The molecule has 792 valence electrons. The number of nitrogens with one attached hydrogen (secondary N) is 4. The van der Waals surface area contributed by atoms with Crippen LogP contribution in [0.25, 0.3) is 33.5 Å². The lowest BCUT2D eigenvalue weighted by atomic mass is 9.71. The van der Waals surface area contributed by atoms with Crippen molar-refractivity contribution in [2.45, 2.75) is 219 Å². The number of carboxylic acid groups (broad SMARTS) is 2. The van der Waals surface area contributed by atoms with Crippen LogP contribution < -0.4 is 25.6 Å². The minimum Gasteiger partial charge on any atom is -0.495 e. The molecule has 2 aromatic heterocycles. The number of imide groups is 1. The highest BCUT2D eigenvalue weighted by molar-refractivity contribution is 6.08. The van der Waals surface area contributed by atoms with Crippen LogP contribution in [0.15, 0.2) is 85.2 Å². The number of carbonyl (C=O) groups excluding carboxylic acids is 7. The highest BCUT2D eigenvalue weighted by atomic mass is 19.1. The average Bonchev–Trinajstić information content (AvgIpc) is 1.66. The van der Waals surface area contributed by atoms with E-state index in [2.05, 4.69) is 67.0 Å². The molecule has 6 N–H and O–H groups in total. The molecule has 6 aromatic rings. The van der Waals surface area contributed by atoms with Gasteiger partial charge in [0.25, 0.3) is 11.8 Å². The molecule has 0 radical (unpaired) electrons. The van der Waals surface area contributed by atoms with Crippen molar-refractivity contribution >= 4 is 75.8 Å². The summed E-state index contributed by atoms with van der Waals surface area (Å²) in [5.41, 5.74) is 2.98. The Balaban J connectivity index is 0.519. The fourth-order valence-electron chi connectivity index (χ4n) is 17.8. The van der Waals surface area contributed by atoms with Crippen LogP contribution in [0.1, 0.15) is 238 Å². The van der Waals surface area contributed by atoms with Gasteiger partial charge in [-0.25, -0.2) is 23.5 Å². The maximum absolute atomic E-state index is 16.0. The van der Waals surface area contributed by atoms with Gasteiger partial charge in [0.15, 0.2) is 0 Å². The third kappa shape index (κ3) is 41.5. The Kier molecular flexibility index (Phi) is 53.4. The van der Waals surface area contributed by atoms with Crippen molar-refractivity contribution < 1.29 is 128 Å². The van der Waals surface area contributed by atoms with E-state index < -0.39 is 58.4 Å². The number of carboxylic acids is 2. The first kappa shape index (κ1) is 117. The number of ether oxygens (including phenoxy) is 14. The second kappa shape index (κ2) is 65.5. The van der Waals surface area contributed by atoms with Crippen molar-refractivity contribution in [1.82, 2.24) is 35.4 Å². The van der Waals surface area contributed by atoms with E-state index in [9.17, 15) is 48.3 Å². The first-order chi connectivity index (χ1) is 69.4. The van der Waals surface area contributed by atoms with E-state index in [4.69, 9.17) is 71.4 Å². The van der Waals surface area contributed by atoms with Crippen LogP contribution in [0.2, 0.25) is 0 Å². The van der Waals surface area contributed by atoms with E-state index in [1.54, 1.807) is 39.0 Å². The summed E-state index contributed by atoms with van der Waals surface area (Å²) in [4.78, 5) is 133. The van der Waals surface area contributed by atoms with Crippen LogP contribution in [-0.4, -0.2) is 300 Å². The predicted molar refractivity (Wildman–Crippen MR) is 536 cm³/mol. The molecule has 4 aromatic carbocycles. The molecule has 3 saturated heterocycles. The number of aromatic nitrogens is 3. The number of aromatic amines is 1. The molecule has 6 amide bonds. The summed E-state index contributed by atoms with van der Waals surface area (Å²) in [6.07, 6.45) is 23.9. The lowest BCUT2D eigenvalue weighted by Crippen LogP contribution is -2.50. The average molecular weight is 2010 g/mol. The topological polar surface area (TPSA) is 411 Å². The summed E-state index contributed by atoms with van der Waals surface area (Å²) in [5, 5.41) is 27.9.